The first-order valence-electron chi connectivity index (χ1n) is 9.39. The molecule has 156 valence electrons. The molecule has 0 saturated heterocycles. The van der Waals surface area contributed by atoms with Crippen LogP contribution in [0.3, 0.4) is 0 Å². The van der Waals surface area contributed by atoms with Gasteiger partial charge in [-0.15, -0.1) is 0 Å². The summed E-state index contributed by atoms with van der Waals surface area (Å²) < 4.78 is 0. The van der Waals surface area contributed by atoms with Gasteiger partial charge in [-0.1, -0.05) is 0 Å². The molecule has 2 amide bonds. The van der Waals surface area contributed by atoms with Crippen LogP contribution in [0.2, 0.25) is 0 Å². The third kappa shape index (κ3) is 4.27. The number of carbonyl (C=O) groups is 2. The van der Waals surface area contributed by atoms with E-state index in [1.165, 1.54) is 13.1 Å². The molecule has 4 rings (SSSR count). The number of H-pyrrole nitrogens is 1. The van der Waals surface area contributed by atoms with Crippen LogP contribution in [-0.4, -0.2) is 39.0 Å². The van der Waals surface area contributed by atoms with Crippen molar-refractivity contribution in [1.29, 1.82) is 0 Å². The molecule has 0 spiro atoms. The maximum Gasteiger partial charge on any atom is 0.254 e. The second-order valence-corrected chi connectivity index (χ2v) is 6.87. The molecule has 2 aromatic heterocycles. The fourth-order valence-electron chi connectivity index (χ4n) is 2.95. The number of aromatic nitrogens is 4. The number of aromatic amines is 1. The molecule has 2 heterocycles. The summed E-state index contributed by atoms with van der Waals surface area (Å²) in [7, 11) is 1.70. The summed E-state index contributed by atoms with van der Waals surface area (Å²) in [6, 6.07) is 12.8. The summed E-state index contributed by atoms with van der Waals surface area (Å²) in [4.78, 5) is 33.5. The van der Waals surface area contributed by atoms with Crippen molar-refractivity contribution in [1.82, 2.24) is 20.2 Å². The van der Waals surface area contributed by atoms with E-state index in [2.05, 4.69) is 30.8 Å². The Kier molecular flexibility index (Phi) is 5.19. The summed E-state index contributed by atoms with van der Waals surface area (Å²) in [5.74, 6) is -0.143. The van der Waals surface area contributed by atoms with Gasteiger partial charge in [-0.25, -0.2) is 4.98 Å². The maximum absolute atomic E-state index is 11.8. The topological polar surface area (TPSA) is 142 Å². The fourth-order valence-corrected chi connectivity index (χ4v) is 2.95. The normalized spacial score (nSPS) is 10.6. The number of anilines is 5. The molecule has 10 heteroatoms. The predicted octanol–water partition coefficient (Wildman–Crippen LogP) is 2.92. The van der Waals surface area contributed by atoms with Gasteiger partial charge < -0.3 is 21.3 Å². The first kappa shape index (κ1) is 19.8. The number of amides is 2. The van der Waals surface area contributed by atoms with E-state index >= 15 is 0 Å². The molecule has 2 aromatic carbocycles. The van der Waals surface area contributed by atoms with Crippen LogP contribution in [0.25, 0.3) is 10.9 Å². The van der Waals surface area contributed by atoms with Crippen molar-refractivity contribution in [2.24, 2.45) is 5.73 Å². The third-order valence-corrected chi connectivity index (χ3v) is 4.74. The number of rotatable bonds is 6. The van der Waals surface area contributed by atoms with Crippen LogP contribution in [0.4, 0.5) is 28.8 Å². The van der Waals surface area contributed by atoms with E-state index in [4.69, 9.17) is 5.73 Å². The Morgan fingerprint density at radius 3 is 2.48 bits per heavy atom. The molecule has 4 aromatic rings. The number of nitrogens with zero attached hydrogens (tertiary/aromatic N) is 4. The smallest absolute Gasteiger partial charge is 0.254 e. The van der Waals surface area contributed by atoms with Gasteiger partial charge in [-0.2, -0.15) is 10.1 Å². The number of hydrogen-bond donors (Lipinski definition) is 4. The van der Waals surface area contributed by atoms with Gasteiger partial charge in [0.05, 0.1) is 11.7 Å². The van der Waals surface area contributed by atoms with Crippen LogP contribution < -0.4 is 21.3 Å². The Balaban J connectivity index is 1.59. The number of fused-ring (bicyclic) bond motifs is 1. The predicted molar refractivity (Wildman–Crippen MR) is 119 cm³/mol. The van der Waals surface area contributed by atoms with E-state index in [0.29, 0.717) is 0 Å². The Labute approximate surface area is 177 Å². The molecule has 31 heavy (non-hydrogen) atoms. The zero-order valence-corrected chi connectivity index (χ0v) is 16.9. The lowest BCUT2D eigenvalue weighted by Crippen LogP contribution is -2.22. The molecule has 0 aliphatic carbocycles. The van der Waals surface area contributed by atoms with Crippen LogP contribution in [0.15, 0.2) is 54.9 Å². The largest absolute Gasteiger partial charge is 0.365 e. The lowest BCUT2D eigenvalue weighted by Gasteiger charge is -2.15. The van der Waals surface area contributed by atoms with Crippen LogP contribution in [0.1, 0.15) is 17.3 Å². The number of primary amides is 1. The highest BCUT2D eigenvalue weighted by molar-refractivity contribution is 5.98. The van der Waals surface area contributed by atoms with Crippen molar-refractivity contribution < 1.29 is 9.59 Å². The van der Waals surface area contributed by atoms with Gasteiger partial charge in [0.25, 0.3) is 5.91 Å². The molecule has 5 N–H and O–H groups in total. The number of nitrogens with two attached hydrogens (primary N) is 1. The van der Waals surface area contributed by atoms with E-state index < -0.39 is 5.91 Å². The molecular formula is C21H20N8O2. The minimum atomic E-state index is -0.643. The monoisotopic (exact) mass is 416 g/mol. The van der Waals surface area contributed by atoms with E-state index in [9.17, 15) is 9.59 Å². The molecule has 0 bridgehead atoms. The first-order chi connectivity index (χ1) is 14.9. The second kappa shape index (κ2) is 8.11. The second-order valence-electron chi connectivity index (χ2n) is 6.87. The van der Waals surface area contributed by atoms with Crippen LogP contribution >= 0.6 is 0 Å². The highest BCUT2D eigenvalue weighted by Gasteiger charge is 2.13. The number of hydrogen-bond acceptors (Lipinski definition) is 7. The maximum atomic E-state index is 11.8. The minimum absolute atomic E-state index is 0.0598. The molecule has 0 unspecified atom stereocenters. The molecule has 10 nitrogen and oxygen atoms in total. The molecule has 0 aliphatic heterocycles. The van der Waals surface area contributed by atoms with Gasteiger partial charge in [0.1, 0.15) is 11.4 Å². The molecule has 0 saturated carbocycles. The van der Waals surface area contributed by atoms with Gasteiger partial charge in [0.2, 0.25) is 11.9 Å². The number of carbonyl (C=O) groups excluding carboxylic acids is 2. The average molecular weight is 416 g/mol. The van der Waals surface area contributed by atoms with Crippen LogP contribution in [-0.2, 0) is 4.79 Å². The highest BCUT2D eigenvalue weighted by Crippen LogP contribution is 2.24. The average Bonchev–Trinajstić information content (AvgIpc) is 3.21. The first-order valence-corrected chi connectivity index (χ1v) is 9.39. The Morgan fingerprint density at radius 1 is 1.03 bits per heavy atom. The lowest BCUT2D eigenvalue weighted by atomic mass is 10.2. The van der Waals surface area contributed by atoms with Gasteiger partial charge in [-0.3, -0.25) is 14.7 Å². The molecule has 0 radical (unpaired) electrons. The Hall–Kier alpha value is -4.47. The summed E-state index contributed by atoms with van der Waals surface area (Å²) >= 11 is 0. The van der Waals surface area contributed by atoms with Crippen LogP contribution in [0, 0.1) is 0 Å². The van der Waals surface area contributed by atoms with Gasteiger partial charge in [-0.05, 0) is 42.5 Å². The summed E-state index contributed by atoms with van der Waals surface area (Å²) in [6.45, 7) is 1.50. The van der Waals surface area contributed by atoms with E-state index in [0.717, 1.165) is 28.0 Å². The molecule has 0 fully saturated rings. The van der Waals surface area contributed by atoms with Crippen molar-refractivity contribution in [3.8, 4) is 0 Å². The van der Waals surface area contributed by atoms with Crippen molar-refractivity contribution in [3.63, 3.8) is 0 Å². The Morgan fingerprint density at radius 2 is 1.77 bits per heavy atom. The Bertz CT molecular complexity index is 1270. The summed E-state index contributed by atoms with van der Waals surface area (Å²) in [5.41, 5.74) is 8.75. The van der Waals surface area contributed by atoms with Gasteiger partial charge >= 0.3 is 0 Å². The summed E-state index contributed by atoms with van der Waals surface area (Å²) in [5, 5.41) is 14.0. The quantitative estimate of drug-likeness (QED) is 0.378. The van der Waals surface area contributed by atoms with Gasteiger partial charge in [0, 0.05) is 42.6 Å². The zero-order valence-electron chi connectivity index (χ0n) is 16.9. The number of benzene rings is 2. The minimum Gasteiger partial charge on any atom is -0.365 e. The van der Waals surface area contributed by atoms with E-state index in [1.807, 2.05) is 18.2 Å². The van der Waals surface area contributed by atoms with Gasteiger partial charge in [0.15, 0.2) is 0 Å². The van der Waals surface area contributed by atoms with E-state index in [1.54, 1.807) is 42.4 Å². The molecule has 0 atom stereocenters. The summed E-state index contributed by atoms with van der Waals surface area (Å²) in [6.07, 6.45) is 3.07. The lowest BCUT2D eigenvalue weighted by molar-refractivity contribution is -0.116. The standard InChI is InChI=1S/C21H20N8O2/c1-12(30)29(2)16-6-3-14(4-7-16)26-21-23-11-17(19(22)31)20(27-21)25-15-5-8-18-13(9-15)10-24-28-18/h3-11H,1-2H3,(H2,22,31)(H,24,28)(H2,23,25,26,27). The van der Waals surface area contributed by atoms with Crippen molar-refractivity contribution >= 4 is 51.5 Å². The zero-order chi connectivity index (χ0) is 22.0. The van der Waals surface area contributed by atoms with Crippen molar-refractivity contribution in [2.45, 2.75) is 6.92 Å². The molecular weight excluding hydrogens is 396 g/mol. The third-order valence-electron chi connectivity index (χ3n) is 4.74. The molecule has 0 aliphatic rings. The van der Waals surface area contributed by atoms with Crippen molar-refractivity contribution in [3.05, 3.63) is 60.4 Å². The SMILES string of the molecule is CC(=O)N(C)c1ccc(Nc2ncc(C(N)=O)c(Nc3ccc4[nH]ncc4c3)n2)cc1. The van der Waals surface area contributed by atoms with Crippen molar-refractivity contribution in [2.75, 3.05) is 22.6 Å². The highest BCUT2D eigenvalue weighted by atomic mass is 16.2. The fraction of sp³-hybridized carbons (Fsp3) is 0.0952. The van der Waals surface area contributed by atoms with Crippen LogP contribution in [0.5, 0.6) is 0 Å². The van der Waals surface area contributed by atoms with E-state index in [-0.39, 0.29) is 23.2 Å². The number of nitrogens with one attached hydrogen (secondary N) is 3.